The molecule has 0 radical (unpaired) electrons. The molecule has 0 saturated carbocycles. The summed E-state index contributed by atoms with van der Waals surface area (Å²) >= 11 is 0. The minimum Gasteiger partial charge on any atom is -0.376 e. The van der Waals surface area contributed by atoms with E-state index in [1.54, 1.807) is 0 Å². The van der Waals surface area contributed by atoms with Gasteiger partial charge < -0.3 is 10.2 Å². The number of carbonyl (C=O) groups is 1. The van der Waals surface area contributed by atoms with Crippen LogP contribution in [0.2, 0.25) is 0 Å². The second-order valence-electron chi connectivity index (χ2n) is 7.75. The highest BCUT2D eigenvalue weighted by Gasteiger charge is 2.20. The van der Waals surface area contributed by atoms with E-state index in [9.17, 15) is 4.79 Å². The Morgan fingerprint density at radius 1 is 1.00 bits per heavy atom. The molecule has 0 heterocycles. The molecule has 134 valence electrons. The molecule has 3 nitrogen and oxygen atoms in total. The monoisotopic (exact) mass is 338 g/mol. The van der Waals surface area contributed by atoms with Crippen molar-refractivity contribution in [2.24, 2.45) is 0 Å². The first-order valence-corrected chi connectivity index (χ1v) is 8.96. The highest BCUT2D eigenvalue weighted by molar-refractivity contribution is 5.81. The van der Waals surface area contributed by atoms with Crippen molar-refractivity contribution >= 4 is 11.6 Å². The van der Waals surface area contributed by atoms with Gasteiger partial charge in [-0.3, -0.25) is 4.79 Å². The molecule has 25 heavy (non-hydrogen) atoms. The second kappa shape index (κ2) is 8.19. The predicted molar refractivity (Wildman–Crippen MR) is 106 cm³/mol. The molecule has 0 aliphatic heterocycles. The van der Waals surface area contributed by atoms with Gasteiger partial charge >= 0.3 is 0 Å². The number of nitrogens with one attached hydrogen (secondary N) is 1. The Bertz CT molecular complexity index is 687. The van der Waals surface area contributed by atoms with Crippen molar-refractivity contribution in [3.8, 4) is 0 Å². The van der Waals surface area contributed by atoms with Crippen LogP contribution in [0.5, 0.6) is 0 Å². The molecule has 0 aliphatic rings. The lowest BCUT2D eigenvalue weighted by molar-refractivity contribution is -0.131. The molecule has 0 saturated heterocycles. The minimum absolute atomic E-state index is 0.0361. The van der Waals surface area contributed by atoms with Crippen LogP contribution < -0.4 is 5.32 Å². The van der Waals surface area contributed by atoms with Crippen LogP contribution in [0.15, 0.2) is 54.6 Å². The molecule has 1 amide bonds. The van der Waals surface area contributed by atoms with E-state index in [1.807, 2.05) is 41.3 Å². The van der Waals surface area contributed by atoms with Gasteiger partial charge in [0.2, 0.25) is 5.91 Å². The highest BCUT2D eigenvalue weighted by Crippen LogP contribution is 2.29. The molecule has 0 aliphatic carbocycles. The van der Waals surface area contributed by atoms with Gasteiger partial charge in [0.25, 0.3) is 0 Å². The van der Waals surface area contributed by atoms with Crippen molar-refractivity contribution in [2.45, 2.75) is 52.6 Å². The molecule has 2 rings (SSSR count). The summed E-state index contributed by atoms with van der Waals surface area (Å²) in [7, 11) is 0. The van der Waals surface area contributed by atoms with Gasteiger partial charge in [-0.25, -0.2) is 0 Å². The van der Waals surface area contributed by atoms with E-state index in [0.717, 1.165) is 11.3 Å². The summed E-state index contributed by atoms with van der Waals surface area (Å²) in [5, 5.41) is 3.35. The van der Waals surface area contributed by atoms with Crippen molar-refractivity contribution < 1.29 is 4.79 Å². The molecule has 0 bridgehead atoms. The third-order valence-electron chi connectivity index (χ3n) is 4.30. The van der Waals surface area contributed by atoms with Gasteiger partial charge in [-0.05, 0) is 36.5 Å². The Hall–Kier alpha value is -2.29. The van der Waals surface area contributed by atoms with E-state index in [4.69, 9.17) is 0 Å². The average molecular weight is 338 g/mol. The standard InChI is InChI=1S/C22H30N2O/c1-17(2)24(16-18-11-7-6-8-12-18)21(25)15-23-20-14-10-9-13-19(20)22(3,4)5/h6-14,17,23H,15-16H2,1-5H3. The topological polar surface area (TPSA) is 32.3 Å². The van der Waals surface area contributed by atoms with Crippen molar-refractivity contribution in [3.05, 3.63) is 65.7 Å². The SMILES string of the molecule is CC(C)N(Cc1ccccc1)C(=O)CNc1ccccc1C(C)(C)C. The number of carbonyl (C=O) groups excluding carboxylic acids is 1. The maximum atomic E-state index is 12.8. The van der Waals surface area contributed by atoms with Crippen LogP contribution in [0.25, 0.3) is 0 Å². The summed E-state index contributed by atoms with van der Waals surface area (Å²) in [6, 6.07) is 18.5. The van der Waals surface area contributed by atoms with Crippen LogP contribution in [0, 0.1) is 0 Å². The molecule has 2 aromatic rings. The number of hydrogen-bond donors (Lipinski definition) is 1. The number of para-hydroxylation sites is 1. The molecule has 0 fully saturated rings. The largest absolute Gasteiger partial charge is 0.376 e. The lowest BCUT2D eigenvalue weighted by atomic mass is 9.86. The Labute approximate surface area is 152 Å². The van der Waals surface area contributed by atoms with Crippen LogP contribution in [0.4, 0.5) is 5.69 Å². The summed E-state index contributed by atoms with van der Waals surface area (Å²) in [5.41, 5.74) is 3.45. The molecular formula is C22H30N2O. The molecular weight excluding hydrogens is 308 g/mol. The summed E-state index contributed by atoms with van der Waals surface area (Å²) in [5.74, 6) is 0.113. The Morgan fingerprint density at radius 2 is 1.60 bits per heavy atom. The van der Waals surface area contributed by atoms with Crippen LogP contribution in [-0.4, -0.2) is 23.4 Å². The fourth-order valence-electron chi connectivity index (χ4n) is 2.90. The summed E-state index contributed by atoms with van der Waals surface area (Å²) in [6.07, 6.45) is 0. The Morgan fingerprint density at radius 3 is 2.20 bits per heavy atom. The summed E-state index contributed by atoms with van der Waals surface area (Å²) in [4.78, 5) is 14.7. The van der Waals surface area contributed by atoms with Gasteiger partial charge in [0.15, 0.2) is 0 Å². The zero-order valence-corrected chi connectivity index (χ0v) is 16.0. The quantitative estimate of drug-likeness (QED) is 0.818. The second-order valence-corrected chi connectivity index (χ2v) is 7.75. The lowest BCUT2D eigenvalue weighted by Gasteiger charge is -2.28. The van der Waals surface area contributed by atoms with Crippen molar-refractivity contribution in [2.75, 3.05) is 11.9 Å². The van der Waals surface area contributed by atoms with E-state index < -0.39 is 0 Å². The van der Waals surface area contributed by atoms with Gasteiger partial charge in [-0.2, -0.15) is 0 Å². The molecule has 0 atom stereocenters. The molecule has 0 spiro atoms. The third kappa shape index (κ3) is 5.35. The van der Waals surface area contributed by atoms with E-state index >= 15 is 0 Å². The van der Waals surface area contributed by atoms with Gasteiger partial charge in [0.05, 0.1) is 6.54 Å². The summed E-state index contributed by atoms with van der Waals surface area (Å²) in [6.45, 7) is 11.6. The number of rotatable bonds is 6. The third-order valence-corrected chi connectivity index (χ3v) is 4.30. The molecule has 2 aromatic carbocycles. The first-order chi connectivity index (χ1) is 11.8. The predicted octanol–water partition coefficient (Wildman–Crippen LogP) is 4.83. The van der Waals surface area contributed by atoms with Crippen molar-refractivity contribution in [1.29, 1.82) is 0 Å². The molecule has 1 N–H and O–H groups in total. The fraction of sp³-hybridized carbons (Fsp3) is 0.409. The first kappa shape index (κ1) is 19.0. The molecule has 3 heteroatoms. The number of amides is 1. The number of benzene rings is 2. The Balaban J connectivity index is 2.07. The van der Waals surface area contributed by atoms with Crippen molar-refractivity contribution in [1.82, 2.24) is 4.90 Å². The van der Waals surface area contributed by atoms with E-state index in [0.29, 0.717) is 13.1 Å². The molecule has 0 unspecified atom stereocenters. The first-order valence-electron chi connectivity index (χ1n) is 8.96. The van der Waals surface area contributed by atoms with Crippen LogP contribution in [0.1, 0.15) is 45.7 Å². The van der Waals surface area contributed by atoms with E-state index in [1.165, 1.54) is 5.56 Å². The van der Waals surface area contributed by atoms with Gasteiger partial charge in [0, 0.05) is 18.3 Å². The van der Waals surface area contributed by atoms with Gasteiger partial charge in [-0.1, -0.05) is 69.3 Å². The minimum atomic E-state index is 0.0361. The zero-order valence-electron chi connectivity index (χ0n) is 16.0. The van der Waals surface area contributed by atoms with Gasteiger partial charge in [0.1, 0.15) is 0 Å². The van der Waals surface area contributed by atoms with E-state index in [-0.39, 0.29) is 17.4 Å². The smallest absolute Gasteiger partial charge is 0.242 e. The maximum Gasteiger partial charge on any atom is 0.242 e. The van der Waals surface area contributed by atoms with Gasteiger partial charge in [-0.15, -0.1) is 0 Å². The maximum absolute atomic E-state index is 12.8. The van der Waals surface area contributed by atoms with Crippen molar-refractivity contribution in [3.63, 3.8) is 0 Å². The molecule has 0 aromatic heterocycles. The van der Waals surface area contributed by atoms with Crippen LogP contribution in [0.3, 0.4) is 0 Å². The zero-order chi connectivity index (χ0) is 18.4. The number of anilines is 1. The average Bonchev–Trinajstić information content (AvgIpc) is 2.57. The normalized spacial score (nSPS) is 11.4. The summed E-state index contributed by atoms with van der Waals surface area (Å²) < 4.78 is 0. The fourth-order valence-corrected chi connectivity index (χ4v) is 2.90. The van der Waals surface area contributed by atoms with Crippen LogP contribution >= 0.6 is 0 Å². The Kier molecular flexibility index (Phi) is 6.24. The highest BCUT2D eigenvalue weighted by atomic mass is 16.2. The lowest BCUT2D eigenvalue weighted by Crippen LogP contribution is -2.40. The van der Waals surface area contributed by atoms with Crippen LogP contribution in [-0.2, 0) is 16.8 Å². The number of nitrogens with zero attached hydrogens (tertiary/aromatic N) is 1. The number of hydrogen-bond acceptors (Lipinski definition) is 2. The van der Waals surface area contributed by atoms with E-state index in [2.05, 4.69) is 58.1 Å².